The topological polar surface area (TPSA) is 76.1 Å². The predicted octanol–water partition coefficient (Wildman–Crippen LogP) is 6.19. The minimum atomic E-state index is -3.62. The van der Waals surface area contributed by atoms with Crippen LogP contribution in [0.2, 0.25) is 5.02 Å². The second-order valence-corrected chi connectivity index (χ2v) is 12.7. The van der Waals surface area contributed by atoms with Gasteiger partial charge in [-0.15, -0.1) is 11.3 Å². The summed E-state index contributed by atoms with van der Waals surface area (Å²) in [5, 5.41) is 11.0. The fraction of sp³-hybridized carbons (Fsp3) is 0.522. The Bertz CT molecular complexity index is 979. The summed E-state index contributed by atoms with van der Waals surface area (Å²) in [4.78, 5) is 13.3. The van der Waals surface area contributed by atoms with Crippen LogP contribution < -0.4 is 9.97 Å². The summed E-state index contributed by atoms with van der Waals surface area (Å²) in [6.07, 6.45) is 1.64. The SMILES string of the molecule is CCOP(=O)(c1ccc(Cl)cc1)N(CC1CCOCC1)c1cc(C(C)(C)C)sc1C(=O)O. The maximum atomic E-state index is 14.6. The summed E-state index contributed by atoms with van der Waals surface area (Å²) < 4.78 is 27.8. The van der Waals surface area contributed by atoms with Gasteiger partial charge in [-0.1, -0.05) is 32.4 Å². The fourth-order valence-corrected chi connectivity index (χ4v) is 7.29. The van der Waals surface area contributed by atoms with Gasteiger partial charge in [0.2, 0.25) is 0 Å². The van der Waals surface area contributed by atoms with Gasteiger partial charge >= 0.3 is 13.5 Å². The maximum absolute atomic E-state index is 14.6. The van der Waals surface area contributed by atoms with Crippen molar-refractivity contribution in [1.29, 1.82) is 0 Å². The molecule has 176 valence electrons. The van der Waals surface area contributed by atoms with E-state index in [9.17, 15) is 14.5 Å². The fourth-order valence-electron chi connectivity index (χ4n) is 3.71. The Morgan fingerprint density at radius 3 is 2.44 bits per heavy atom. The van der Waals surface area contributed by atoms with Crippen LogP contribution in [0.3, 0.4) is 0 Å². The molecule has 6 nitrogen and oxygen atoms in total. The number of hydrogen-bond acceptors (Lipinski definition) is 5. The average molecular weight is 500 g/mol. The van der Waals surface area contributed by atoms with Gasteiger partial charge < -0.3 is 14.4 Å². The molecule has 1 aromatic heterocycles. The third-order valence-corrected chi connectivity index (χ3v) is 9.83. The number of halogens is 1. The molecule has 1 unspecified atom stereocenters. The first kappa shape index (κ1) is 25.3. The first-order valence-corrected chi connectivity index (χ1v) is 13.6. The smallest absolute Gasteiger partial charge is 0.348 e. The summed E-state index contributed by atoms with van der Waals surface area (Å²) >= 11 is 7.31. The summed E-state index contributed by atoms with van der Waals surface area (Å²) in [6.45, 7) is 9.84. The van der Waals surface area contributed by atoms with E-state index < -0.39 is 13.5 Å². The van der Waals surface area contributed by atoms with E-state index in [0.29, 0.717) is 35.8 Å². The highest BCUT2D eigenvalue weighted by Crippen LogP contribution is 2.55. The third kappa shape index (κ3) is 5.57. The number of nitrogens with zero attached hydrogens (tertiary/aromatic N) is 1. The molecule has 1 saturated heterocycles. The van der Waals surface area contributed by atoms with Crippen LogP contribution in [0.1, 0.15) is 55.1 Å². The summed E-state index contributed by atoms with van der Waals surface area (Å²) in [6, 6.07) is 8.64. The van der Waals surface area contributed by atoms with Crippen LogP contribution in [0.4, 0.5) is 5.69 Å². The molecule has 1 atom stereocenters. The van der Waals surface area contributed by atoms with Crippen LogP contribution >= 0.6 is 30.5 Å². The molecule has 1 fully saturated rings. The van der Waals surface area contributed by atoms with Crippen molar-refractivity contribution < 1.29 is 23.7 Å². The van der Waals surface area contributed by atoms with Crippen LogP contribution in [0, 0.1) is 5.92 Å². The maximum Gasteiger partial charge on any atom is 0.348 e. The van der Waals surface area contributed by atoms with Crippen LogP contribution in [0.15, 0.2) is 30.3 Å². The summed E-state index contributed by atoms with van der Waals surface area (Å²) in [7, 11) is -3.62. The lowest BCUT2D eigenvalue weighted by Gasteiger charge is -2.36. The molecule has 9 heteroatoms. The van der Waals surface area contributed by atoms with Gasteiger partial charge in [-0.05, 0) is 61.4 Å². The Hall–Kier alpha value is -1.37. The number of benzene rings is 1. The molecule has 3 rings (SSSR count). The molecule has 1 aliphatic heterocycles. The third-order valence-electron chi connectivity index (χ3n) is 5.47. The van der Waals surface area contributed by atoms with E-state index in [2.05, 4.69) is 0 Å². The molecule has 1 aliphatic rings. The van der Waals surface area contributed by atoms with E-state index in [0.717, 1.165) is 17.7 Å². The van der Waals surface area contributed by atoms with Crippen molar-refractivity contribution in [3.8, 4) is 0 Å². The highest BCUT2D eigenvalue weighted by atomic mass is 35.5. The van der Waals surface area contributed by atoms with Crippen LogP contribution in [-0.2, 0) is 19.2 Å². The predicted molar refractivity (Wildman–Crippen MR) is 131 cm³/mol. The van der Waals surface area contributed by atoms with Crippen molar-refractivity contribution in [3.05, 3.63) is 45.1 Å². The number of rotatable bonds is 8. The number of carbonyl (C=O) groups is 1. The monoisotopic (exact) mass is 499 g/mol. The molecule has 2 heterocycles. The van der Waals surface area contributed by atoms with Gasteiger partial charge in [0.1, 0.15) is 4.88 Å². The molecule has 1 aromatic carbocycles. The van der Waals surface area contributed by atoms with Gasteiger partial charge in [-0.2, -0.15) is 0 Å². The summed E-state index contributed by atoms with van der Waals surface area (Å²) in [5.41, 5.74) is 0.207. The van der Waals surface area contributed by atoms with Gasteiger partial charge in [0, 0.05) is 29.7 Å². The van der Waals surface area contributed by atoms with E-state index in [1.165, 1.54) is 11.3 Å². The number of carboxylic acids is 1. The highest BCUT2D eigenvalue weighted by molar-refractivity contribution is 7.68. The second-order valence-electron chi connectivity index (χ2n) is 8.93. The number of thiophene rings is 1. The van der Waals surface area contributed by atoms with Crippen molar-refractivity contribution >= 4 is 47.4 Å². The van der Waals surface area contributed by atoms with Gasteiger partial charge in [-0.3, -0.25) is 9.24 Å². The largest absolute Gasteiger partial charge is 0.477 e. The molecule has 2 aromatic rings. The molecule has 0 aliphatic carbocycles. The number of aromatic carboxylic acids is 1. The first-order chi connectivity index (χ1) is 15.1. The Labute approximate surface area is 199 Å². The Kier molecular flexibility index (Phi) is 8.11. The van der Waals surface area contributed by atoms with Gasteiger partial charge in [0.25, 0.3) is 0 Å². The van der Waals surface area contributed by atoms with E-state index in [1.54, 1.807) is 35.9 Å². The van der Waals surface area contributed by atoms with Crippen molar-refractivity contribution in [2.45, 2.75) is 46.0 Å². The molecule has 0 radical (unpaired) electrons. The van der Waals surface area contributed by atoms with E-state index in [4.69, 9.17) is 20.9 Å². The van der Waals surface area contributed by atoms with E-state index in [1.807, 2.05) is 26.8 Å². The zero-order valence-corrected chi connectivity index (χ0v) is 21.4. The first-order valence-electron chi connectivity index (χ1n) is 10.8. The minimum Gasteiger partial charge on any atom is -0.477 e. The molecule has 1 N–H and O–H groups in total. The molecule has 0 spiro atoms. The summed E-state index contributed by atoms with van der Waals surface area (Å²) in [5.74, 6) is -0.818. The zero-order valence-electron chi connectivity index (χ0n) is 19.0. The number of carboxylic acid groups (broad SMARTS) is 1. The molecule has 32 heavy (non-hydrogen) atoms. The molecular weight excluding hydrogens is 469 g/mol. The van der Waals surface area contributed by atoms with Crippen molar-refractivity contribution in [3.63, 3.8) is 0 Å². The molecule has 0 amide bonds. The Morgan fingerprint density at radius 1 is 1.28 bits per heavy atom. The Morgan fingerprint density at radius 2 is 1.91 bits per heavy atom. The normalized spacial score (nSPS) is 17.2. The standard InChI is InChI=1S/C23H31ClNO5PS/c1-5-30-31(28,18-8-6-17(24)7-9-18)25(15-16-10-12-29-13-11-16)19-14-20(23(2,3)4)32-21(19)22(26)27/h6-9,14,16H,5,10-13,15H2,1-4H3,(H,26,27). The number of anilines is 1. The second kappa shape index (κ2) is 10.3. The lowest BCUT2D eigenvalue weighted by atomic mass is 9.94. The zero-order chi connectivity index (χ0) is 23.5. The van der Waals surface area contributed by atoms with E-state index >= 15 is 0 Å². The lowest BCUT2D eigenvalue weighted by molar-refractivity contribution is 0.0683. The minimum absolute atomic E-state index is 0.177. The highest BCUT2D eigenvalue weighted by Gasteiger charge is 2.39. The van der Waals surface area contributed by atoms with Gasteiger partial charge in [-0.25, -0.2) is 4.79 Å². The van der Waals surface area contributed by atoms with Crippen molar-refractivity contribution in [1.82, 2.24) is 0 Å². The lowest BCUT2D eigenvalue weighted by Crippen LogP contribution is -2.34. The molecule has 0 saturated carbocycles. The number of ether oxygens (including phenoxy) is 1. The van der Waals surface area contributed by atoms with Gasteiger partial charge in [0.05, 0.1) is 17.6 Å². The van der Waals surface area contributed by atoms with Gasteiger partial charge in [0.15, 0.2) is 0 Å². The van der Waals surface area contributed by atoms with Crippen molar-refractivity contribution in [2.75, 3.05) is 31.0 Å². The quantitative estimate of drug-likeness (QED) is 0.437. The molecular formula is C23H31ClNO5PS. The average Bonchev–Trinajstić information content (AvgIpc) is 3.19. The van der Waals surface area contributed by atoms with E-state index in [-0.39, 0.29) is 22.8 Å². The van der Waals surface area contributed by atoms with Crippen molar-refractivity contribution in [2.24, 2.45) is 5.92 Å². The van der Waals surface area contributed by atoms with Crippen LogP contribution in [0.5, 0.6) is 0 Å². The van der Waals surface area contributed by atoms with Crippen LogP contribution in [-0.4, -0.2) is 37.4 Å². The van der Waals surface area contributed by atoms with Crippen LogP contribution in [0.25, 0.3) is 0 Å². The Balaban J connectivity index is 2.18. The molecule has 0 bridgehead atoms. The number of hydrogen-bond donors (Lipinski definition) is 1.